The summed E-state index contributed by atoms with van der Waals surface area (Å²) in [6.07, 6.45) is -2.81. The molecular formula is C6H11F4NO2S. The molecule has 0 amide bonds. The van der Waals surface area contributed by atoms with Gasteiger partial charge in [0.05, 0.1) is 12.3 Å². The molecule has 0 radical (unpaired) electrons. The third-order valence-corrected chi connectivity index (χ3v) is 2.28. The average molecular weight is 237 g/mol. The normalized spacial score (nSPS) is 13.6. The molecule has 0 saturated heterocycles. The first-order valence-corrected chi connectivity index (χ1v) is 5.75. The number of hydrogen-bond acceptors (Lipinski definition) is 3. The molecule has 0 aromatic carbocycles. The second-order valence-corrected chi connectivity index (χ2v) is 5.13. The summed E-state index contributed by atoms with van der Waals surface area (Å²) in [5, 5.41) is 1.95. The molecule has 1 N–H and O–H groups in total. The molecule has 0 aliphatic rings. The Balaban J connectivity index is 3.76. The van der Waals surface area contributed by atoms with Crippen LogP contribution in [0, 0.1) is 0 Å². The SMILES string of the molecule is CS(=O)(=O)CCNCC(F)(F)C(F)F. The van der Waals surface area contributed by atoms with Crippen LogP contribution in [-0.2, 0) is 9.84 Å². The van der Waals surface area contributed by atoms with Gasteiger partial charge in [-0.3, -0.25) is 0 Å². The topological polar surface area (TPSA) is 46.2 Å². The zero-order valence-corrected chi connectivity index (χ0v) is 8.25. The van der Waals surface area contributed by atoms with E-state index in [9.17, 15) is 26.0 Å². The first-order chi connectivity index (χ1) is 6.15. The molecule has 8 heteroatoms. The summed E-state index contributed by atoms with van der Waals surface area (Å²) in [6, 6.07) is 0. The van der Waals surface area contributed by atoms with Crippen molar-refractivity contribution >= 4 is 9.84 Å². The molecule has 0 atom stereocenters. The van der Waals surface area contributed by atoms with Gasteiger partial charge >= 0.3 is 12.3 Å². The van der Waals surface area contributed by atoms with Crippen LogP contribution in [-0.4, -0.2) is 45.9 Å². The van der Waals surface area contributed by atoms with Gasteiger partial charge in [0, 0.05) is 12.8 Å². The van der Waals surface area contributed by atoms with Crippen molar-refractivity contribution in [3.63, 3.8) is 0 Å². The van der Waals surface area contributed by atoms with Gasteiger partial charge in [0.1, 0.15) is 9.84 Å². The second kappa shape index (κ2) is 4.92. The fourth-order valence-corrected chi connectivity index (χ4v) is 1.10. The van der Waals surface area contributed by atoms with Gasteiger partial charge in [-0.05, 0) is 0 Å². The first-order valence-electron chi connectivity index (χ1n) is 3.69. The number of alkyl halides is 4. The monoisotopic (exact) mass is 237 g/mol. The average Bonchev–Trinajstić information content (AvgIpc) is 1.96. The standard InChI is InChI=1S/C6H11F4NO2S/c1-14(12,13)3-2-11-4-6(9,10)5(7)8/h5,11H,2-4H2,1H3. The Bertz CT molecular complexity index is 265. The van der Waals surface area contributed by atoms with Gasteiger partial charge in [-0.25, -0.2) is 17.2 Å². The highest BCUT2D eigenvalue weighted by Gasteiger charge is 2.39. The molecule has 0 unspecified atom stereocenters. The molecule has 3 nitrogen and oxygen atoms in total. The smallest absolute Gasteiger partial charge is 0.310 e. The van der Waals surface area contributed by atoms with Crippen molar-refractivity contribution in [3.8, 4) is 0 Å². The number of rotatable bonds is 6. The van der Waals surface area contributed by atoms with E-state index in [2.05, 4.69) is 0 Å². The summed E-state index contributed by atoms with van der Waals surface area (Å²) >= 11 is 0. The third-order valence-electron chi connectivity index (χ3n) is 1.33. The maximum absolute atomic E-state index is 12.2. The summed E-state index contributed by atoms with van der Waals surface area (Å²) in [5.74, 6) is -4.47. The Morgan fingerprint density at radius 2 is 1.86 bits per heavy atom. The number of sulfone groups is 1. The van der Waals surface area contributed by atoms with E-state index in [1.54, 1.807) is 0 Å². The molecule has 0 rings (SSSR count). The van der Waals surface area contributed by atoms with E-state index in [1.165, 1.54) is 0 Å². The maximum atomic E-state index is 12.2. The van der Waals surface area contributed by atoms with Crippen LogP contribution in [0.1, 0.15) is 0 Å². The van der Waals surface area contributed by atoms with Gasteiger partial charge in [0.2, 0.25) is 0 Å². The molecule has 0 aromatic heterocycles. The van der Waals surface area contributed by atoms with Gasteiger partial charge < -0.3 is 5.32 Å². The van der Waals surface area contributed by atoms with E-state index in [4.69, 9.17) is 0 Å². The van der Waals surface area contributed by atoms with Gasteiger partial charge in [-0.15, -0.1) is 0 Å². The molecule has 86 valence electrons. The van der Waals surface area contributed by atoms with Crippen LogP contribution < -0.4 is 5.32 Å². The molecule has 0 aliphatic heterocycles. The quantitative estimate of drug-likeness (QED) is 0.541. The van der Waals surface area contributed by atoms with Crippen LogP contribution in [0.3, 0.4) is 0 Å². The fraction of sp³-hybridized carbons (Fsp3) is 1.00. The van der Waals surface area contributed by atoms with E-state index < -0.39 is 28.7 Å². The molecule has 0 fully saturated rings. The lowest BCUT2D eigenvalue weighted by Gasteiger charge is -2.15. The highest BCUT2D eigenvalue weighted by molar-refractivity contribution is 7.90. The molecule has 0 aliphatic carbocycles. The van der Waals surface area contributed by atoms with Gasteiger partial charge in [-0.2, -0.15) is 8.78 Å². The second-order valence-electron chi connectivity index (χ2n) is 2.87. The summed E-state index contributed by atoms with van der Waals surface area (Å²) < 4.78 is 68.6. The number of nitrogens with one attached hydrogen (secondary N) is 1. The summed E-state index contributed by atoms with van der Waals surface area (Å²) in [6.45, 7) is -1.48. The van der Waals surface area contributed by atoms with Crippen molar-refractivity contribution in [2.45, 2.75) is 12.3 Å². The van der Waals surface area contributed by atoms with Crippen molar-refractivity contribution < 1.29 is 26.0 Å². The minimum atomic E-state index is -4.11. The van der Waals surface area contributed by atoms with Crippen molar-refractivity contribution in [1.82, 2.24) is 5.32 Å². The van der Waals surface area contributed by atoms with Crippen LogP contribution in [0.2, 0.25) is 0 Å². The molecular weight excluding hydrogens is 226 g/mol. The lowest BCUT2D eigenvalue weighted by Crippen LogP contribution is -2.40. The summed E-state index contributed by atoms with van der Waals surface area (Å²) in [5.41, 5.74) is 0. The minimum absolute atomic E-state index is 0.263. The van der Waals surface area contributed by atoms with Crippen LogP contribution in [0.15, 0.2) is 0 Å². The van der Waals surface area contributed by atoms with E-state index in [0.29, 0.717) is 0 Å². The number of halogens is 4. The third kappa shape index (κ3) is 6.14. The largest absolute Gasteiger partial charge is 0.319 e. The lowest BCUT2D eigenvalue weighted by atomic mass is 10.3. The molecule has 0 aromatic rings. The zero-order chi connectivity index (χ0) is 11.4. The Kier molecular flexibility index (Phi) is 4.79. The Morgan fingerprint density at radius 1 is 1.36 bits per heavy atom. The fourth-order valence-electron chi connectivity index (χ4n) is 0.590. The van der Waals surface area contributed by atoms with Gasteiger partial charge in [-0.1, -0.05) is 0 Å². The van der Waals surface area contributed by atoms with Gasteiger partial charge in [0.15, 0.2) is 0 Å². The zero-order valence-electron chi connectivity index (χ0n) is 7.44. The summed E-state index contributed by atoms with van der Waals surface area (Å²) in [4.78, 5) is 0. The van der Waals surface area contributed by atoms with Crippen LogP contribution in [0.4, 0.5) is 17.6 Å². The van der Waals surface area contributed by atoms with Crippen molar-refractivity contribution in [1.29, 1.82) is 0 Å². The van der Waals surface area contributed by atoms with Gasteiger partial charge in [0.25, 0.3) is 0 Å². The Labute approximate surface area is 79.4 Å². The van der Waals surface area contributed by atoms with Crippen molar-refractivity contribution in [3.05, 3.63) is 0 Å². The predicted molar refractivity (Wildman–Crippen MR) is 43.5 cm³/mol. The maximum Gasteiger partial charge on any atom is 0.319 e. The van der Waals surface area contributed by atoms with Crippen LogP contribution in [0.5, 0.6) is 0 Å². The summed E-state index contributed by atoms with van der Waals surface area (Å²) in [7, 11) is -3.26. The van der Waals surface area contributed by atoms with E-state index in [1.807, 2.05) is 5.32 Å². The lowest BCUT2D eigenvalue weighted by molar-refractivity contribution is -0.124. The number of hydrogen-bond donors (Lipinski definition) is 1. The predicted octanol–water partition coefficient (Wildman–Crippen LogP) is 0.521. The highest BCUT2D eigenvalue weighted by atomic mass is 32.2. The molecule has 0 spiro atoms. The van der Waals surface area contributed by atoms with E-state index in [0.717, 1.165) is 6.26 Å². The van der Waals surface area contributed by atoms with Crippen molar-refractivity contribution in [2.24, 2.45) is 0 Å². The highest BCUT2D eigenvalue weighted by Crippen LogP contribution is 2.21. The van der Waals surface area contributed by atoms with E-state index >= 15 is 0 Å². The molecule has 0 saturated carbocycles. The molecule has 0 bridgehead atoms. The Morgan fingerprint density at radius 3 is 2.21 bits per heavy atom. The minimum Gasteiger partial charge on any atom is -0.310 e. The Hall–Kier alpha value is -0.370. The van der Waals surface area contributed by atoms with Crippen molar-refractivity contribution in [2.75, 3.05) is 25.1 Å². The first kappa shape index (κ1) is 13.6. The van der Waals surface area contributed by atoms with E-state index in [-0.39, 0.29) is 12.3 Å². The molecule has 0 heterocycles. The molecule has 14 heavy (non-hydrogen) atoms. The van der Waals surface area contributed by atoms with Crippen LogP contribution in [0.25, 0.3) is 0 Å². The van der Waals surface area contributed by atoms with Crippen LogP contribution >= 0.6 is 0 Å².